The number of aromatic nitrogens is 2. The molecule has 0 amide bonds. The Morgan fingerprint density at radius 1 is 1.28 bits per heavy atom. The highest BCUT2D eigenvalue weighted by molar-refractivity contribution is 6.35. The highest BCUT2D eigenvalue weighted by Gasteiger charge is 2.07. The van der Waals surface area contributed by atoms with E-state index in [1.165, 1.54) is 12.1 Å². The molecular formula is C12H10Cl2FN3. The Balaban J connectivity index is 2.11. The van der Waals surface area contributed by atoms with Crippen LogP contribution in [0.15, 0.2) is 24.4 Å². The molecule has 1 aromatic heterocycles. The van der Waals surface area contributed by atoms with Gasteiger partial charge in [0.15, 0.2) is 5.82 Å². The van der Waals surface area contributed by atoms with Gasteiger partial charge in [-0.2, -0.15) is 0 Å². The second kappa shape index (κ2) is 5.50. The van der Waals surface area contributed by atoms with Gasteiger partial charge in [0.1, 0.15) is 5.82 Å². The standard InChI is InChI=1S/C12H10Cl2FN3/c1-7-16-3-2-8(18-7)6-17-9-4-10(13)12(15)11(14)5-9/h2-5,17H,6H2,1H3. The summed E-state index contributed by atoms with van der Waals surface area (Å²) in [7, 11) is 0. The van der Waals surface area contributed by atoms with Crippen molar-refractivity contribution >= 4 is 28.9 Å². The van der Waals surface area contributed by atoms with Gasteiger partial charge in [0.25, 0.3) is 0 Å². The SMILES string of the molecule is Cc1nccc(CNc2cc(Cl)c(F)c(Cl)c2)n1. The molecule has 0 aliphatic rings. The van der Waals surface area contributed by atoms with Crippen LogP contribution in [0.25, 0.3) is 0 Å². The average molecular weight is 286 g/mol. The van der Waals surface area contributed by atoms with Gasteiger partial charge >= 0.3 is 0 Å². The molecule has 0 saturated carbocycles. The molecule has 0 radical (unpaired) electrons. The van der Waals surface area contributed by atoms with Gasteiger partial charge in [0, 0.05) is 11.9 Å². The smallest absolute Gasteiger partial charge is 0.160 e. The second-order valence-corrected chi connectivity index (χ2v) is 4.52. The maximum Gasteiger partial charge on any atom is 0.160 e. The molecule has 0 spiro atoms. The number of hydrogen-bond donors (Lipinski definition) is 1. The fourth-order valence-corrected chi connectivity index (χ4v) is 1.94. The summed E-state index contributed by atoms with van der Waals surface area (Å²) in [4.78, 5) is 8.24. The van der Waals surface area contributed by atoms with Crippen molar-refractivity contribution in [2.24, 2.45) is 0 Å². The van der Waals surface area contributed by atoms with Crippen LogP contribution >= 0.6 is 23.2 Å². The molecule has 18 heavy (non-hydrogen) atoms. The zero-order valence-electron chi connectivity index (χ0n) is 9.54. The summed E-state index contributed by atoms with van der Waals surface area (Å²) < 4.78 is 13.2. The van der Waals surface area contributed by atoms with Crippen molar-refractivity contribution in [2.45, 2.75) is 13.5 Å². The van der Waals surface area contributed by atoms with Crippen LogP contribution in [0, 0.1) is 12.7 Å². The number of halogens is 3. The molecule has 0 aliphatic heterocycles. The summed E-state index contributed by atoms with van der Waals surface area (Å²) in [6.07, 6.45) is 1.68. The van der Waals surface area contributed by atoms with Crippen LogP contribution in [0.1, 0.15) is 11.5 Å². The summed E-state index contributed by atoms with van der Waals surface area (Å²) in [5.74, 6) is 0.0891. The van der Waals surface area contributed by atoms with Gasteiger partial charge in [-0.3, -0.25) is 0 Å². The van der Waals surface area contributed by atoms with Gasteiger partial charge in [-0.1, -0.05) is 23.2 Å². The van der Waals surface area contributed by atoms with E-state index >= 15 is 0 Å². The number of rotatable bonds is 3. The van der Waals surface area contributed by atoms with E-state index in [2.05, 4.69) is 15.3 Å². The predicted molar refractivity (Wildman–Crippen MR) is 70.5 cm³/mol. The maximum atomic E-state index is 13.2. The molecule has 6 heteroatoms. The molecule has 0 fully saturated rings. The van der Waals surface area contributed by atoms with Crippen molar-refractivity contribution < 1.29 is 4.39 Å². The highest BCUT2D eigenvalue weighted by atomic mass is 35.5. The molecule has 0 unspecified atom stereocenters. The fraction of sp³-hybridized carbons (Fsp3) is 0.167. The van der Waals surface area contributed by atoms with E-state index in [1.54, 1.807) is 12.3 Å². The van der Waals surface area contributed by atoms with Crippen molar-refractivity contribution in [3.05, 3.63) is 51.8 Å². The summed E-state index contributed by atoms with van der Waals surface area (Å²) in [6, 6.07) is 4.76. The van der Waals surface area contributed by atoms with Crippen LogP contribution in [-0.2, 0) is 6.54 Å². The molecule has 3 nitrogen and oxygen atoms in total. The molecule has 1 N–H and O–H groups in total. The van der Waals surface area contributed by atoms with E-state index in [4.69, 9.17) is 23.2 Å². The topological polar surface area (TPSA) is 37.8 Å². The Kier molecular flexibility index (Phi) is 3.99. The third kappa shape index (κ3) is 3.09. The lowest BCUT2D eigenvalue weighted by Crippen LogP contribution is -2.03. The molecule has 2 rings (SSSR count). The van der Waals surface area contributed by atoms with Crippen LogP contribution < -0.4 is 5.32 Å². The fourth-order valence-electron chi connectivity index (χ4n) is 1.45. The zero-order chi connectivity index (χ0) is 13.1. The minimum atomic E-state index is -0.609. The Hall–Kier alpha value is -1.39. The van der Waals surface area contributed by atoms with Crippen molar-refractivity contribution in [3.8, 4) is 0 Å². The first kappa shape index (κ1) is 13.1. The van der Waals surface area contributed by atoms with Gasteiger partial charge in [0.2, 0.25) is 0 Å². The average Bonchev–Trinajstić information content (AvgIpc) is 2.33. The number of aryl methyl sites for hydroxylation is 1. The minimum absolute atomic E-state index is 0.0103. The summed E-state index contributed by atoms with van der Waals surface area (Å²) in [6.45, 7) is 2.30. The van der Waals surface area contributed by atoms with E-state index in [-0.39, 0.29) is 10.0 Å². The molecule has 1 heterocycles. The van der Waals surface area contributed by atoms with Gasteiger partial charge in [-0.25, -0.2) is 14.4 Å². The van der Waals surface area contributed by atoms with E-state index in [0.717, 1.165) is 5.69 Å². The number of hydrogen-bond acceptors (Lipinski definition) is 3. The Bertz CT molecular complexity index is 552. The third-order valence-electron chi connectivity index (χ3n) is 2.29. The Morgan fingerprint density at radius 2 is 1.94 bits per heavy atom. The van der Waals surface area contributed by atoms with E-state index < -0.39 is 5.82 Å². The monoisotopic (exact) mass is 285 g/mol. The second-order valence-electron chi connectivity index (χ2n) is 3.70. The normalized spacial score (nSPS) is 10.4. The zero-order valence-corrected chi connectivity index (χ0v) is 11.1. The van der Waals surface area contributed by atoms with Crippen molar-refractivity contribution in [1.29, 1.82) is 0 Å². The molecule has 2 aromatic rings. The summed E-state index contributed by atoms with van der Waals surface area (Å²) in [5.41, 5.74) is 1.47. The molecule has 0 bridgehead atoms. The van der Waals surface area contributed by atoms with Gasteiger partial charge in [-0.15, -0.1) is 0 Å². The summed E-state index contributed by atoms with van der Waals surface area (Å²) in [5, 5.41) is 3.05. The molecule has 0 saturated heterocycles. The molecular weight excluding hydrogens is 276 g/mol. The van der Waals surface area contributed by atoms with Crippen LogP contribution in [-0.4, -0.2) is 9.97 Å². The lowest BCUT2D eigenvalue weighted by Gasteiger charge is -2.08. The van der Waals surface area contributed by atoms with E-state index in [9.17, 15) is 4.39 Å². The quantitative estimate of drug-likeness (QED) is 0.871. The number of nitrogens with zero attached hydrogens (tertiary/aromatic N) is 2. The molecule has 94 valence electrons. The Labute approximate surface area is 114 Å². The van der Waals surface area contributed by atoms with E-state index in [1.807, 2.05) is 6.92 Å². The Morgan fingerprint density at radius 3 is 2.56 bits per heavy atom. The van der Waals surface area contributed by atoms with Crippen LogP contribution in [0.3, 0.4) is 0 Å². The van der Waals surface area contributed by atoms with Crippen molar-refractivity contribution in [3.63, 3.8) is 0 Å². The first-order chi connectivity index (χ1) is 8.56. The van der Waals surface area contributed by atoms with Crippen LogP contribution in [0.5, 0.6) is 0 Å². The first-order valence-electron chi connectivity index (χ1n) is 5.23. The largest absolute Gasteiger partial charge is 0.379 e. The third-order valence-corrected chi connectivity index (χ3v) is 2.84. The van der Waals surface area contributed by atoms with Gasteiger partial charge < -0.3 is 5.32 Å². The van der Waals surface area contributed by atoms with Gasteiger partial charge in [0.05, 0.1) is 22.3 Å². The lowest BCUT2D eigenvalue weighted by molar-refractivity contribution is 0.629. The summed E-state index contributed by atoms with van der Waals surface area (Å²) >= 11 is 11.4. The van der Waals surface area contributed by atoms with E-state index in [0.29, 0.717) is 18.1 Å². The highest BCUT2D eigenvalue weighted by Crippen LogP contribution is 2.27. The maximum absolute atomic E-state index is 13.2. The molecule has 0 aliphatic carbocycles. The van der Waals surface area contributed by atoms with Crippen LogP contribution in [0.2, 0.25) is 10.0 Å². The molecule has 0 atom stereocenters. The molecule has 1 aromatic carbocycles. The predicted octanol–water partition coefficient (Wildman–Crippen LogP) is 3.84. The number of anilines is 1. The number of nitrogens with one attached hydrogen (secondary N) is 1. The first-order valence-corrected chi connectivity index (χ1v) is 5.99. The lowest BCUT2D eigenvalue weighted by atomic mass is 10.3. The van der Waals surface area contributed by atoms with Gasteiger partial charge in [-0.05, 0) is 25.1 Å². The number of benzene rings is 1. The van der Waals surface area contributed by atoms with Crippen molar-refractivity contribution in [1.82, 2.24) is 9.97 Å². The van der Waals surface area contributed by atoms with Crippen molar-refractivity contribution in [2.75, 3.05) is 5.32 Å². The van der Waals surface area contributed by atoms with Crippen LogP contribution in [0.4, 0.5) is 10.1 Å². The minimum Gasteiger partial charge on any atom is -0.379 e.